The summed E-state index contributed by atoms with van der Waals surface area (Å²) in [5.41, 5.74) is 1.95. The van der Waals surface area contributed by atoms with Gasteiger partial charge < -0.3 is 10.1 Å². The summed E-state index contributed by atoms with van der Waals surface area (Å²) >= 11 is 1.49. The van der Waals surface area contributed by atoms with Gasteiger partial charge in [-0.2, -0.15) is 0 Å². The van der Waals surface area contributed by atoms with Crippen LogP contribution in [0.25, 0.3) is 15.4 Å². The summed E-state index contributed by atoms with van der Waals surface area (Å²) in [5.74, 6) is -0.622. The fourth-order valence-electron chi connectivity index (χ4n) is 5.85. The van der Waals surface area contributed by atoms with E-state index in [1.165, 1.54) is 16.9 Å². The molecule has 1 amide bonds. The van der Waals surface area contributed by atoms with Gasteiger partial charge in [0.15, 0.2) is 4.96 Å². The predicted molar refractivity (Wildman–Crippen MR) is 149 cm³/mol. The lowest BCUT2D eigenvalue weighted by Gasteiger charge is -2.28. The number of ether oxygens (including phenoxy) is 1. The number of hydrogen-bond donors (Lipinski definition) is 1. The highest BCUT2D eigenvalue weighted by Gasteiger charge is 2.48. The smallest absolute Gasteiger partial charge is 0.306 e. The molecule has 2 aliphatic carbocycles. The van der Waals surface area contributed by atoms with Gasteiger partial charge in [-0.15, -0.1) is 0 Å². The Morgan fingerprint density at radius 2 is 1.82 bits per heavy atom. The van der Waals surface area contributed by atoms with Gasteiger partial charge in [0.05, 0.1) is 17.0 Å². The molecule has 2 aromatic heterocycles. The fourth-order valence-corrected chi connectivity index (χ4v) is 6.82. The molecule has 2 heterocycles. The Bertz CT molecular complexity index is 1520. The number of hydrogen-bond acceptors (Lipinski definition) is 5. The van der Waals surface area contributed by atoms with Crippen LogP contribution in [-0.4, -0.2) is 27.9 Å². The highest BCUT2D eigenvalue weighted by Crippen LogP contribution is 2.47. The largest absolute Gasteiger partial charge is 0.466 e. The molecule has 9 heteroatoms. The number of aromatic nitrogens is 2. The molecule has 0 spiro atoms. The summed E-state index contributed by atoms with van der Waals surface area (Å²) in [5, 5.41) is 2.88. The second-order valence-corrected chi connectivity index (χ2v) is 11.9. The Hall–Kier alpha value is -3.59. The van der Waals surface area contributed by atoms with E-state index in [1.54, 1.807) is 6.20 Å². The van der Waals surface area contributed by atoms with Gasteiger partial charge in [-0.3, -0.25) is 14.0 Å². The van der Waals surface area contributed by atoms with Gasteiger partial charge in [-0.1, -0.05) is 35.6 Å². The number of benzene rings is 2. The molecule has 6 rings (SSSR count). The molecule has 4 aromatic rings. The van der Waals surface area contributed by atoms with E-state index in [1.807, 2.05) is 17.5 Å². The van der Waals surface area contributed by atoms with Crippen molar-refractivity contribution in [2.75, 3.05) is 6.61 Å². The van der Waals surface area contributed by atoms with Gasteiger partial charge >= 0.3 is 5.97 Å². The van der Waals surface area contributed by atoms with Gasteiger partial charge in [-0.25, -0.2) is 13.8 Å². The Kier molecular flexibility index (Phi) is 7.16. The number of nitrogens with zero attached hydrogens (tertiary/aromatic N) is 2. The number of carbonyl (C=O) groups is 2. The van der Waals surface area contributed by atoms with Crippen molar-refractivity contribution in [2.45, 2.75) is 63.3 Å². The van der Waals surface area contributed by atoms with E-state index in [9.17, 15) is 18.4 Å². The predicted octanol–water partition coefficient (Wildman–Crippen LogP) is 6.99. The van der Waals surface area contributed by atoms with E-state index < -0.39 is 23.1 Å². The first-order chi connectivity index (χ1) is 19.3. The summed E-state index contributed by atoms with van der Waals surface area (Å²) in [6.07, 6.45) is 9.50. The van der Waals surface area contributed by atoms with Gasteiger partial charge in [0, 0.05) is 24.4 Å². The number of amides is 1. The van der Waals surface area contributed by atoms with Crippen LogP contribution in [-0.2, 0) is 15.1 Å². The van der Waals surface area contributed by atoms with Crippen molar-refractivity contribution in [3.63, 3.8) is 0 Å². The van der Waals surface area contributed by atoms with Crippen LogP contribution in [0.3, 0.4) is 0 Å². The number of halogens is 2. The van der Waals surface area contributed by atoms with Crippen molar-refractivity contribution in [2.24, 2.45) is 5.92 Å². The number of esters is 1. The fraction of sp³-hybridized carbons (Fsp3) is 0.387. The number of thiazole rings is 1. The third kappa shape index (κ3) is 5.39. The molecule has 0 radical (unpaired) electrons. The summed E-state index contributed by atoms with van der Waals surface area (Å²) in [6, 6.07) is 12.0. The second kappa shape index (κ2) is 10.8. The molecular formula is C31H31F2N3O3S. The Balaban J connectivity index is 1.09. The topological polar surface area (TPSA) is 72.7 Å². The SMILES string of the molecule is CCOC(=O)C[C@H]1CC[C@H](c2ccc(-c3cn4cc(C(=O)NC5(c6cc(F)ccc6F)CC5)nc4s3)cc2)CC1. The van der Waals surface area contributed by atoms with Gasteiger partial charge in [0.2, 0.25) is 0 Å². The molecule has 208 valence electrons. The van der Waals surface area contributed by atoms with Crippen LogP contribution in [0.15, 0.2) is 54.9 Å². The van der Waals surface area contributed by atoms with Crippen molar-refractivity contribution in [1.82, 2.24) is 14.7 Å². The van der Waals surface area contributed by atoms with E-state index in [0.29, 0.717) is 42.7 Å². The van der Waals surface area contributed by atoms with Crippen molar-refractivity contribution in [3.05, 3.63) is 83.3 Å². The minimum atomic E-state index is -0.882. The van der Waals surface area contributed by atoms with Crippen LogP contribution >= 0.6 is 11.3 Å². The summed E-state index contributed by atoms with van der Waals surface area (Å²) in [6.45, 7) is 2.28. The number of carbonyl (C=O) groups excluding carboxylic acids is 2. The molecule has 0 bridgehead atoms. The molecule has 0 saturated heterocycles. The Labute approximate surface area is 235 Å². The minimum absolute atomic E-state index is 0.0866. The molecule has 2 aromatic carbocycles. The Morgan fingerprint density at radius 3 is 2.50 bits per heavy atom. The molecule has 2 fully saturated rings. The first-order valence-corrected chi connectivity index (χ1v) is 14.7. The minimum Gasteiger partial charge on any atom is -0.466 e. The van der Waals surface area contributed by atoms with Crippen molar-refractivity contribution in [1.29, 1.82) is 0 Å². The lowest BCUT2D eigenvalue weighted by atomic mass is 9.77. The first kappa shape index (κ1) is 26.6. The Morgan fingerprint density at radius 1 is 1.07 bits per heavy atom. The molecule has 6 nitrogen and oxygen atoms in total. The van der Waals surface area contributed by atoms with E-state index >= 15 is 0 Å². The highest BCUT2D eigenvalue weighted by atomic mass is 32.1. The molecule has 2 aliphatic rings. The zero-order valence-corrected chi connectivity index (χ0v) is 23.1. The van der Waals surface area contributed by atoms with Crippen LogP contribution in [0.2, 0.25) is 0 Å². The van der Waals surface area contributed by atoms with E-state index in [2.05, 4.69) is 34.6 Å². The van der Waals surface area contributed by atoms with E-state index in [-0.39, 0.29) is 17.2 Å². The molecule has 0 unspecified atom stereocenters. The lowest BCUT2D eigenvalue weighted by molar-refractivity contribution is -0.144. The van der Waals surface area contributed by atoms with E-state index in [0.717, 1.165) is 54.3 Å². The standard InChI is InChI=1S/C31H31F2N3O3S/c1-2-39-28(37)15-19-3-5-20(6-4-19)21-7-9-22(10-8-21)27-18-36-17-26(34-30(36)40-27)29(38)35-31(13-14-31)24-16-23(32)11-12-25(24)33/h7-12,16-20H,2-6,13-15H2,1H3,(H,35,38)/t19-,20-. The lowest BCUT2D eigenvalue weighted by Crippen LogP contribution is -2.35. The third-order valence-electron chi connectivity index (χ3n) is 8.21. The van der Waals surface area contributed by atoms with Crippen LogP contribution in [0.1, 0.15) is 79.4 Å². The first-order valence-electron chi connectivity index (χ1n) is 13.9. The number of rotatable bonds is 8. The van der Waals surface area contributed by atoms with Crippen molar-refractivity contribution < 1.29 is 23.1 Å². The maximum absolute atomic E-state index is 14.3. The number of imidazole rings is 1. The zero-order valence-electron chi connectivity index (χ0n) is 22.3. The van der Waals surface area contributed by atoms with Crippen LogP contribution in [0.5, 0.6) is 0 Å². The zero-order chi connectivity index (χ0) is 27.9. The summed E-state index contributed by atoms with van der Waals surface area (Å²) in [4.78, 5) is 31.0. The van der Waals surface area contributed by atoms with E-state index in [4.69, 9.17) is 4.74 Å². The summed E-state index contributed by atoms with van der Waals surface area (Å²) in [7, 11) is 0. The molecule has 0 aliphatic heterocycles. The van der Waals surface area contributed by atoms with Gasteiger partial charge in [-0.05, 0) is 86.6 Å². The average Bonchev–Trinajstić information content (AvgIpc) is 3.43. The van der Waals surface area contributed by atoms with Gasteiger partial charge in [0.25, 0.3) is 5.91 Å². The molecule has 0 atom stereocenters. The number of nitrogens with one attached hydrogen (secondary N) is 1. The van der Waals surface area contributed by atoms with Crippen LogP contribution in [0.4, 0.5) is 8.78 Å². The van der Waals surface area contributed by atoms with Crippen molar-refractivity contribution >= 4 is 28.2 Å². The maximum Gasteiger partial charge on any atom is 0.306 e. The quantitative estimate of drug-likeness (QED) is 0.235. The molecule has 1 N–H and O–H groups in total. The van der Waals surface area contributed by atoms with Gasteiger partial charge in [0.1, 0.15) is 17.3 Å². The normalized spacial score (nSPS) is 19.9. The monoisotopic (exact) mass is 563 g/mol. The van der Waals surface area contributed by atoms with Crippen LogP contribution in [0, 0.1) is 17.6 Å². The number of fused-ring (bicyclic) bond motifs is 1. The third-order valence-corrected chi connectivity index (χ3v) is 9.26. The molecule has 2 saturated carbocycles. The maximum atomic E-state index is 14.3. The second-order valence-electron chi connectivity index (χ2n) is 10.9. The van der Waals surface area contributed by atoms with Crippen molar-refractivity contribution in [3.8, 4) is 10.4 Å². The highest BCUT2D eigenvalue weighted by molar-refractivity contribution is 7.20. The van der Waals surface area contributed by atoms with Crippen LogP contribution < -0.4 is 5.32 Å². The average molecular weight is 564 g/mol. The molecule has 40 heavy (non-hydrogen) atoms. The molecular weight excluding hydrogens is 532 g/mol. The summed E-state index contributed by atoms with van der Waals surface area (Å²) < 4.78 is 35.0.